The van der Waals surface area contributed by atoms with E-state index in [1.807, 2.05) is 45.0 Å². The van der Waals surface area contributed by atoms with E-state index in [2.05, 4.69) is 15.6 Å². The summed E-state index contributed by atoms with van der Waals surface area (Å²) in [4.78, 5) is 16.1. The lowest BCUT2D eigenvalue weighted by Gasteiger charge is -2.14. The molecule has 2 N–H and O–H groups in total. The van der Waals surface area contributed by atoms with Crippen molar-refractivity contribution in [3.05, 3.63) is 35.5 Å². The molecule has 0 aliphatic rings. The topological polar surface area (TPSA) is 54.0 Å². The summed E-state index contributed by atoms with van der Waals surface area (Å²) in [6, 6.07) is 7.96. The SMILES string of the molecule is CCCC(=O)NC(=S)Nc1c(C)ccc2nc(C)ccc12. The normalized spacial score (nSPS) is 10.4. The molecule has 21 heavy (non-hydrogen) atoms. The number of carbonyl (C=O) groups is 1. The Balaban J connectivity index is 2.27. The zero-order valence-corrected chi connectivity index (χ0v) is 13.3. The average molecular weight is 301 g/mol. The quantitative estimate of drug-likeness (QED) is 0.852. The maximum absolute atomic E-state index is 11.6. The molecule has 4 nitrogen and oxygen atoms in total. The number of thiocarbonyl (C=S) groups is 1. The van der Waals surface area contributed by atoms with Gasteiger partial charge < -0.3 is 10.6 Å². The molecule has 0 spiro atoms. The van der Waals surface area contributed by atoms with Crippen LogP contribution < -0.4 is 10.6 Å². The van der Waals surface area contributed by atoms with Gasteiger partial charge in [0.2, 0.25) is 5.91 Å². The van der Waals surface area contributed by atoms with Crippen molar-refractivity contribution in [2.24, 2.45) is 0 Å². The van der Waals surface area contributed by atoms with Crippen LogP contribution in [-0.4, -0.2) is 16.0 Å². The Kier molecular flexibility index (Phi) is 4.85. The van der Waals surface area contributed by atoms with Crippen molar-refractivity contribution in [3.63, 3.8) is 0 Å². The minimum absolute atomic E-state index is 0.0677. The van der Waals surface area contributed by atoms with Crippen LogP contribution in [0.4, 0.5) is 5.69 Å². The van der Waals surface area contributed by atoms with Gasteiger partial charge in [-0.15, -0.1) is 0 Å². The molecule has 110 valence electrons. The molecule has 2 aromatic rings. The Labute approximate surface area is 130 Å². The summed E-state index contributed by atoms with van der Waals surface area (Å²) in [5.41, 5.74) is 3.82. The fourth-order valence-electron chi connectivity index (χ4n) is 2.14. The van der Waals surface area contributed by atoms with Crippen molar-refractivity contribution in [1.29, 1.82) is 0 Å². The number of hydrogen-bond donors (Lipinski definition) is 2. The van der Waals surface area contributed by atoms with E-state index in [0.29, 0.717) is 11.5 Å². The van der Waals surface area contributed by atoms with Crippen LogP contribution in [-0.2, 0) is 4.79 Å². The molecular weight excluding hydrogens is 282 g/mol. The number of nitrogens with zero attached hydrogens (tertiary/aromatic N) is 1. The van der Waals surface area contributed by atoms with Gasteiger partial charge in [0.05, 0.1) is 11.2 Å². The highest BCUT2D eigenvalue weighted by Gasteiger charge is 2.09. The highest BCUT2D eigenvalue weighted by atomic mass is 32.1. The number of rotatable bonds is 3. The predicted molar refractivity (Wildman–Crippen MR) is 90.5 cm³/mol. The molecule has 0 saturated carbocycles. The van der Waals surface area contributed by atoms with Gasteiger partial charge in [-0.25, -0.2) is 0 Å². The molecule has 0 atom stereocenters. The zero-order chi connectivity index (χ0) is 15.4. The number of hydrogen-bond acceptors (Lipinski definition) is 3. The lowest BCUT2D eigenvalue weighted by Crippen LogP contribution is -2.34. The second-order valence-corrected chi connectivity index (χ2v) is 5.44. The average Bonchev–Trinajstić information content (AvgIpc) is 2.42. The molecule has 0 unspecified atom stereocenters. The molecule has 0 bridgehead atoms. The number of pyridine rings is 1. The van der Waals surface area contributed by atoms with Crippen molar-refractivity contribution in [3.8, 4) is 0 Å². The molecular formula is C16H19N3OS. The van der Waals surface area contributed by atoms with Gasteiger partial charge in [-0.2, -0.15) is 0 Å². The fourth-order valence-corrected chi connectivity index (χ4v) is 2.36. The molecule has 0 radical (unpaired) electrons. The van der Waals surface area contributed by atoms with Crippen LogP contribution in [0, 0.1) is 13.8 Å². The largest absolute Gasteiger partial charge is 0.332 e. The first kappa shape index (κ1) is 15.4. The molecule has 5 heteroatoms. The van der Waals surface area contributed by atoms with Gasteiger partial charge in [0, 0.05) is 17.5 Å². The Bertz CT molecular complexity index is 697. The van der Waals surface area contributed by atoms with Crippen LogP contribution in [0.1, 0.15) is 31.0 Å². The lowest BCUT2D eigenvalue weighted by atomic mass is 10.1. The van der Waals surface area contributed by atoms with Crippen molar-refractivity contribution >= 4 is 39.8 Å². The van der Waals surface area contributed by atoms with E-state index in [1.165, 1.54) is 0 Å². The van der Waals surface area contributed by atoms with Gasteiger partial charge in [0.1, 0.15) is 0 Å². The summed E-state index contributed by atoms with van der Waals surface area (Å²) in [6.45, 7) is 5.92. The predicted octanol–water partition coefficient (Wildman–Crippen LogP) is 3.46. The van der Waals surface area contributed by atoms with Gasteiger partial charge in [-0.1, -0.05) is 13.0 Å². The van der Waals surface area contributed by atoms with E-state index in [1.54, 1.807) is 0 Å². The minimum Gasteiger partial charge on any atom is -0.332 e. The molecule has 1 amide bonds. The zero-order valence-electron chi connectivity index (χ0n) is 12.5. The van der Waals surface area contributed by atoms with Gasteiger partial charge in [-0.3, -0.25) is 9.78 Å². The fraction of sp³-hybridized carbons (Fsp3) is 0.312. The van der Waals surface area contributed by atoms with Crippen LogP contribution >= 0.6 is 12.2 Å². The van der Waals surface area contributed by atoms with E-state index in [4.69, 9.17) is 12.2 Å². The summed E-state index contributed by atoms with van der Waals surface area (Å²) < 4.78 is 0. The summed E-state index contributed by atoms with van der Waals surface area (Å²) in [7, 11) is 0. The van der Waals surface area contributed by atoms with Gasteiger partial charge >= 0.3 is 0 Å². The number of anilines is 1. The molecule has 1 aromatic carbocycles. The summed E-state index contributed by atoms with van der Waals surface area (Å²) in [6.07, 6.45) is 1.27. The van der Waals surface area contributed by atoms with E-state index < -0.39 is 0 Å². The van der Waals surface area contributed by atoms with E-state index in [9.17, 15) is 4.79 Å². The van der Waals surface area contributed by atoms with Crippen molar-refractivity contribution in [2.45, 2.75) is 33.6 Å². The Morgan fingerprint density at radius 1 is 1.24 bits per heavy atom. The molecule has 0 saturated heterocycles. The molecule has 2 rings (SSSR count). The maximum atomic E-state index is 11.6. The lowest BCUT2D eigenvalue weighted by molar-refractivity contribution is -0.119. The van der Waals surface area contributed by atoms with Crippen LogP contribution in [0.25, 0.3) is 10.9 Å². The number of amides is 1. The van der Waals surface area contributed by atoms with Gasteiger partial charge in [0.15, 0.2) is 5.11 Å². The highest BCUT2D eigenvalue weighted by molar-refractivity contribution is 7.80. The number of benzene rings is 1. The van der Waals surface area contributed by atoms with E-state index in [0.717, 1.165) is 34.3 Å². The first-order valence-electron chi connectivity index (χ1n) is 6.99. The maximum Gasteiger partial charge on any atom is 0.226 e. The van der Waals surface area contributed by atoms with Crippen molar-refractivity contribution in [1.82, 2.24) is 10.3 Å². The van der Waals surface area contributed by atoms with Crippen LogP contribution in [0.5, 0.6) is 0 Å². The minimum atomic E-state index is -0.0677. The van der Waals surface area contributed by atoms with Crippen LogP contribution in [0.2, 0.25) is 0 Å². The molecule has 0 aliphatic carbocycles. The second-order valence-electron chi connectivity index (χ2n) is 5.03. The molecule has 0 fully saturated rings. The number of aryl methyl sites for hydroxylation is 2. The number of nitrogens with one attached hydrogen (secondary N) is 2. The van der Waals surface area contributed by atoms with Crippen molar-refractivity contribution < 1.29 is 4.79 Å². The van der Waals surface area contributed by atoms with Crippen LogP contribution in [0.3, 0.4) is 0 Å². The van der Waals surface area contributed by atoms with E-state index >= 15 is 0 Å². The number of carbonyl (C=O) groups excluding carboxylic acids is 1. The summed E-state index contributed by atoms with van der Waals surface area (Å²) in [5.74, 6) is -0.0677. The molecule has 1 aromatic heterocycles. The monoisotopic (exact) mass is 301 g/mol. The Hall–Kier alpha value is -2.01. The first-order valence-corrected chi connectivity index (χ1v) is 7.40. The van der Waals surface area contributed by atoms with Crippen molar-refractivity contribution in [2.75, 3.05) is 5.32 Å². The highest BCUT2D eigenvalue weighted by Crippen LogP contribution is 2.26. The summed E-state index contributed by atoms with van der Waals surface area (Å²) in [5, 5.41) is 7.13. The standard InChI is InChI=1S/C16H19N3OS/c1-4-5-14(20)18-16(21)19-15-10(2)6-9-13-12(15)8-7-11(3)17-13/h6-9H,4-5H2,1-3H3,(H2,18,19,20,21). The smallest absolute Gasteiger partial charge is 0.226 e. The number of aromatic nitrogens is 1. The molecule has 0 aliphatic heterocycles. The second kappa shape index (κ2) is 6.63. The van der Waals surface area contributed by atoms with Gasteiger partial charge in [0.25, 0.3) is 0 Å². The third kappa shape index (κ3) is 3.76. The van der Waals surface area contributed by atoms with E-state index in [-0.39, 0.29) is 5.91 Å². The first-order chi connectivity index (χ1) is 10.0. The Morgan fingerprint density at radius 3 is 2.71 bits per heavy atom. The third-order valence-electron chi connectivity index (χ3n) is 3.19. The summed E-state index contributed by atoms with van der Waals surface area (Å²) >= 11 is 5.21. The number of fused-ring (bicyclic) bond motifs is 1. The Morgan fingerprint density at radius 2 is 2.00 bits per heavy atom. The van der Waals surface area contributed by atoms with Crippen LogP contribution in [0.15, 0.2) is 24.3 Å². The third-order valence-corrected chi connectivity index (χ3v) is 3.39. The molecule has 1 heterocycles. The van der Waals surface area contributed by atoms with Gasteiger partial charge in [-0.05, 0) is 56.2 Å².